The summed E-state index contributed by atoms with van der Waals surface area (Å²) < 4.78 is 6.47. The lowest BCUT2D eigenvalue weighted by Crippen LogP contribution is -2.43. The number of fused-ring (bicyclic) bond motifs is 27. The van der Waals surface area contributed by atoms with Crippen LogP contribution < -0.4 is 14.7 Å². The maximum Gasteiger partial charge on any atom is 0.137 e. The second-order valence-electron chi connectivity index (χ2n) is 46.3. The molecule has 4 nitrogen and oxygen atoms in total. The summed E-state index contributed by atoms with van der Waals surface area (Å²) in [6.07, 6.45) is 0. The first-order valence-electron chi connectivity index (χ1n) is 52.0. The van der Waals surface area contributed by atoms with Crippen LogP contribution in [0.3, 0.4) is 0 Å². The van der Waals surface area contributed by atoms with E-state index in [1.54, 1.807) is 0 Å². The van der Waals surface area contributed by atoms with Gasteiger partial charge in [0.05, 0.1) is 0 Å². The molecule has 0 unspecified atom stereocenters. The van der Waals surface area contributed by atoms with E-state index in [1.807, 2.05) is 6.07 Å². The Morgan fingerprint density at radius 3 is 0.772 bits per heavy atom. The van der Waals surface area contributed by atoms with Crippen molar-refractivity contribution in [2.24, 2.45) is 0 Å². The van der Waals surface area contributed by atoms with E-state index in [4.69, 9.17) is 4.42 Å². The third-order valence-corrected chi connectivity index (χ3v) is 36.5. The highest BCUT2D eigenvalue weighted by molar-refractivity contribution is 6.09. The smallest absolute Gasteiger partial charge is 0.137 e. The van der Waals surface area contributed by atoms with Gasteiger partial charge in [-0.3, -0.25) is 0 Å². The van der Waals surface area contributed by atoms with Crippen molar-refractivity contribution in [3.63, 3.8) is 0 Å². The monoisotopic (exact) mass is 1870 g/mol. The molecule has 708 valence electrons. The Bertz CT molecular complexity index is 8910. The SMILES string of the molecule is CC1(C)c2cc(N(c3ccc(-c4ccccc4)cc3)c3ccc4c(c3)C(C)(C)C(C)(C)c3ccccc3-4)ccc2-c2c1ccc1ccccc21.CC1(C)c2cc(N(c3ccc4c(c3)C(C)(C)C(C)(C)c3ccccc3-4)c3ccc4c(c3)oc3ccccc34)ccc2-c2c1ccc1ccccc21.CC1(C)c2cc(N(c3ccccc3)c3ccc4c(c3)C(C)(C)C(C)(C)c3ccccc3-4)ccc2-c2c1ccc1ccccc21. The zero-order valence-corrected chi connectivity index (χ0v) is 86.6. The average molecular weight is 1880 g/mol. The van der Waals surface area contributed by atoms with Crippen LogP contribution in [0.4, 0.5) is 51.2 Å². The van der Waals surface area contributed by atoms with E-state index in [2.05, 4.69) is 552 Å². The quantitative estimate of drug-likeness (QED) is 0.136. The zero-order chi connectivity index (χ0) is 99.7. The number of hydrogen-bond acceptors (Lipinski definition) is 4. The summed E-state index contributed by atoms with van der Waals surface area (Å²) >= 11 is 0. The van der Waals surface area contributed by atoms with Gasteiger partial charge in [-0.15, -0.1) is 0 Å². The van der Waals surface area contributed by atoms with Gasteiger partial charge < -0.3 is 19.1 Å². The van der Waals surface area contributed by atoms with Crippen LogP contribution in [0.1, 0.15) is 191 Å². The van der Waals surface area contributed by atoms with Crippen LogP contribution in [-0.2, 0) is 48.7 Å². The predicted molar refractivity (Wildman–Crippen MR) is 616 cm³/mol. The molecule has 6 aliphatic carbocycles. The summed E-state index contributed by atoms with van der Waals surface area (Å²) in [5.41, 5.74) is 46.9. The first-order valence-corrected chi connectivity index (χ1v) is 52.0. The third kappa shape index (κ3) is 13.6. The van der Waals surface area contributed by atoms with Gasteiger partial charge in [-0.05, 0) is 325 Å². The molecule has 0 radical (unpaired) electrons. The van der Waals surface area contributed by atoms with E-state index in [0.29, 0.717) is 0 Å². The van der Waals surface area contributed by atoms with Crippen LogP contribution in [0.5, 0.6) is 0 Å². The van der Waals surface area contributed by atoms with E-state index in [1.165, 1.54) is 205 Å². The number of anilines is 9. The summed E-state index contributed by atoms with van der Waals surface area (Å²) in [6, 6.07) is 156. The summed E-state index contributed by atoms with van der Waals surface area (Å²) in [4.78, 5) is 7.35. The lowest BCUT2D eigenvalue weighted by molar-refractivity contribution is 0.299. The standard InChI is InChI=1S/C49H41NO.C49H43N.C43H39N/c1-47(2)41-26-19-30-13-7-8-14-34(30)46(41)39-25-22-31(27-42(39)47)50(33-21-24-38-37-16-10-12-18-44(37)51-45(38)29-33)32-20-23-36-35-15-9-11-17-40(35)48(3,4)49(5,6)43(36)28-32;1-47(2)43-29-22-34-16-10-11-17-38(34)46(43)41-28-26-36(30-44(41)47)50(35-23-20-33(21-24-35)32-14-8-7-9-15-32)37-25-27-40-39-18-12-13-19-42(39)48(3,4)49(5,6)45(40)31-37;1-41(2)37-25-20-28-14-10-11-17-32(28)40(37)35-24-22-30(26-38(35)41)44(29-15-8-7-9-16-29)31-21-23-34-33-18-12-13-19-36(33)42(3,4)43(5,6)39(34)27-31/h7-29H,1-6H3;7-31H,1-6H3;7-27H,1-6H3. The highest BCUT2D eigenvalue weighted by Gasteiger charge is 2.51. The Labute approximate surface area is 855 Å². The first kappa shape index (κ1) is 90.6. The van der Waals surface area contributed by atoms with E-state index in [9.17, 15) is 0 Å². The molecule has 1 aromatic heterocycles. The van der Waals surface area contributed by atoms with Crippen LogP contribution in [0, 0.1) is 0 Å². The Morgan fingerprint density at radius 2 is 0.400 bits per heavy atom. The lowest BCUT2D eigenvalue weighted by Gasteiger charge is -2.48. The van der Waals surface area contributed by atoms with Crippen LogP contribution in [0.25, 0.3) is 132 Å². The minimum atomic E-state index is -0.148. The molecule has 145 heavy (non-hydrogen) atoms. The van der Waals surface area contributed by atoms with Crippen molar-refractivity contribution in [2.75, 3.05) is 14.7 Å². The molecule has 20 aromatic carbocycles. The van der Waals surface area contributed by atoms with Crippen LogP contribution in [0.2, 0.25) is 0 Å². The highest BCUT2D eigenvalue weighted by Crippen LogP contribution is 2.63. The lowest BCUT2D eigenvalue weighted by atomic mass is 9.55. The molecule has 0 saturated carbocycles. The van der Waals surface area contributed by atoms with Crippen molar-refractivity contribution >= 4 is 105 Å². The molecular formula is C141H123N3O. The van der Waals surface area contributed by atoms with Crippen LogP contribution in [0.15, 0.2) is 423 Å². The van der Waals surface area contributed by atoms with Crippen LogP contribution in [-0.4, -0.2) is 0 Å². The number of furan rings is 1. The number of nitrogens with zero attached hydrogens (tertiary/aromatic N) is 3. The molecule has 21 aromatic rings. The molecular weight excluding hydrogens is 1750 g/mol. The second kappa shape index (κ2) is 32.7. The largest absolute Gasteiger partial charge is 0.456 e. The van der Waals surface area contributed by atoms with Crippen molar-refractivity contribution in [2.45, 2.75) is 173 Å². The van der Waals surface area contributed by atoms with E-state index in [0.717, 1.165) is 44.7 Å². The third-order valence-electron chi connectivity index (χ3n) is 36.5. The number of rotatable bonds is 10. The minimum absolute atomic E-state index is 0.0149. The molecule has 0 aliphatic heterocycles. The summed E-state index contributed by atoms with van der Waals surface area (Å²) in [5.74, 6) is 0. The molecule has 0 N–H and O–H groups in total. The van der Waals surface area contributed by atoms with Crippen molar-refractivity contribution in [3.05, 3.63) is 485 Å². The fraction of sp³-hybridized carbons (Fsp3) is 0.191. The average Bonchev–Trinajstić information content (AvgIpc) is 1.69. The molecule has 0 bridgehead atoms. The van der Waals surface area contributed by atoms with Crippen molar-refractivity contribution in [1.82, 2.24) is 0 Å². The molecule has 0 atom stereocenters. The Hall–Kier alpha value is -15.6. The maximum atomic E-state index is 6.47. The maximum absolute atomic E-state index is 6.47. The molecule has 4 heteroatoms. The van der Waals surface area contributed by atoms with Gasteiger partial charge in [-0.2, -0.15) is 0 Å². The molecule has 6 aliphatic rings. The summed E-state index contributed by atoms with van der Waals surface area (Å²) in [6.45, 7) is 43.2. The van der Waals surface area contributed by atoms with E-state index < -0.39 is 0 Å². The second-order valence-corrected chi connectivity index (χ2v) is 46.3. The van der Waals surface area contributed by atoms with Gasteiger partial charge in [0.15, 0.2) is 0 Å². The fourth-order valence-electron chi connectivity index (χ4n) is 26.2. The van der Waals surface area contributed by atoms with Gasteiger partial charge in [0.2, 0.25) is 0 Å². The minimum Gasteiger partial charge on any atom is -0.456 e. The zero-order valence-electron chi connectivity index (χ0n) is 86.6. The molecule has 0 fully saturated rings. The van der Waals surface area contributed by atoms with Gasteiger partial charge in [0.1, 0.15) is 11.2 Å². The van der Waals surface area contributed by atoms with Crippen molar-refractivity contribution < 1.29 is 4.42 Å². The topological polar surface area (TPSA) is 22.9 Å². The van der Waals surface area contributed by atoms with Gasteiger partial charge in [0, 0.05) is 84.3 Å². The molecule has 0 spiro atoms. The molecule has 27 rings (SSSR count). The predicted octanol–water partition coefficient (Wildman–Crippen LogP) is 39.1. The number of para-hydroxylation sites is 2. The van der Waals surface area contributed by atoms with Crippen molar-refractivity contribution in [3.8, 4) is 77.9 Å². The molecule has 0 saturated heterocycles. The van der Waals surface area contributed by atoms with E-state index >= 15 is 0 Å². The fourth-order valence-corrected chi connectivity index (χ4v) is 26.2. The van der Waals surface area contributed by atoms with Gasteiger partial charge >= 0.3 is 0 Å². The molecule has 1 heterocycles. The highest BCUT2D eigenvalue weighted by atomic mass is 16.3. The number of hydrogen-bond donors (Lipinski definition) is 0. The van der Waals surface area contributed by atoms with Crippen LogP contribution >= 0.6 is 0 Å². The molecule has 0 amide bonds. The van der Waals surface area contributed by atoms with Gasteiger partial charge in [0.25, 0.3) is 0 Å². The van der Waals surface area contributed by atoms with Gasteiger partial charge in [-0.25, -0.2) is 0 Å². The van der Waals surface area contributed by atoms with Crippen molar-refractivity contribution in [1.29, 1.82) is 0 Å². The van der Waals surface area contributed by atoms with Gasteiger partial charge in [-0.1, -0.05) is 422 Å². The summed E-state index contributed by atoms with van der Waals surface area (Å²) in [5, 5.41) is 10.1. The summed E-state index contributed by atoms with van der Waals surface area (Å²) in [7, 11) is 0. The normalized spacial score (nSPS) is 16.2. The Kier molecular flexibility index (Phi) is 20.4. The first-order chi connectivity index (χ1) is 69.7. The Morgan fingerprint density at radius 1 is 0.152 bits per heavy atom. The number of benzene rings is 20. The van der Waals surface area contributed by atoms with E-state index in [-0.39, 0.29) is 48.7 Å². The Balaban J connectivity index is 0.000000114.